The van der Waals surface area contributed by atoms with Gasteiger partial charge in [0.25, 0.3) is 0 Å². The van der Waals surface area contributed by atoms with Crippen molar-refractivity contribution in [1.29, 1.82) is 0 Å². The average Bonchev–Trinajstić information content (AvgIpc) is 3.04. The minimum atomic E-state index is 0.493. The maximum absolute atomic E-state index is 5.89. The molecule has 0 aliphatic rings. The molecule has 0 N–H and O–H groups in total. The molecule has 2 aromatic heterocycles. The van der Waals surface area contributed by atoms with Crippen LogP contribution in [0.15, 0.2) is 41.1 Å². The molecule has 3 heteroatoms. The molecule has 3 rings (SSSR count). The van der Waals surface area contributed by atoms with E-state index in [9.17, 15) is 0 Å². The molecule has 0 fully saturated rings. The van der Waals surface area contributed by atoms with Gasteiger partial charge in [0.2, 0.25) is 0 Å². The fourth-order valence-electron chi connectivity index (χ4n) is 2.27. The highest BCUT2D eigenvalue weighted by atomic mass is 16.4. The summed E-state index contributed by atoms with van der Waals surface area (Å²) in [6.45, 7) is 8.72. The van der Waals surface area contributed by atoms with Gasteiger partial charge in [-0.25, -0.2) is 0 Å². The number of benzene rings is 1. The first-order valence-electron chi connectivity index (χ1n) is 7.13. The number of fused-ring (bicyclic) bond motifs is 1. The lowest BCUT2D eigenvalue weighted by Gasteiger charge is -2.02. The van der Waals surface area contributed by atoms with Gasteiger partial charge >= 0.3 is 6.01 Å². The van der Waals surface area contributed by atoms with Crippen molar-refractivity contribution < 1.29 is 4.42 Å². The van der Waals surface area contributed by atoms with Crippen LogP contribution in [0, 0.1) is 0 Å². The SMILES string of the molecule is CC(C)c1ccc2nc(-n3ccc(C(C)C)c3)oc2c1. The molecule has 0 spiro atoms. The van der Waals surface area contributed by atoms with Crippen molar-refractivity contribution in [3.05, 3.63) is 47.8 Å². The summed E-state index contributed by atoms with van der Waals surface area (Å²) in [6.07, 6.45) is 4.09. The molecule has 0 unspecified atom stereocenters. The fraction of sp³-hybridized carbons (Fsp3) is 0.353. The summed E-state index contributed by atoms with van der Waals surface area (Å²) >= 11 is 0. The lowest BCUT2D eigenvalue weighted by molar-refractivity contribution is 0.564. The van der Waals surface area contributed by atoms with E-state index in [0.717, 1.165) is 11.1 Å². The monoisotopic (exact) mass is 268 g/mol. The smallest absolute Gasteiger partial charge is 0.306 e. The van der Waals surface area contributed by atoms with Crippen LogP contribution in [0.25, 0.3) is 17.1 Å². The fourth-order valence-corrected chi connectivity index (χ4v) is 2.27. The Morgan fingerprint density at radius 2 is 1.75 bits per heavy atom. The average molecular weight is 268 g/mol. The van der Waals surface area contributed by atoms with Crippen LogP contribution in [0.5, 0.6) is 0 Å². The standard InChI is InChI=1S/C17H20N2O/c1-11(2)13-5-6-15-16(9-13)20-17(18-15)19-8-7-14(10-19)12(3)4/h5-12H,1-4H3. The lowest BCUT2D eigenvalue weighted by Crippen LogP contribution is -1.90. The zero-order valence-corrected chi connectivity index (χ0v) is 12.4. The first-order valence-corrected chi connectivity index (χ1v) is 7.13. The van der Waals surface area contributed by atoms with E-state index in [1.54, 1.807) is 0 Å². The highest BCUT2D eigenvalue weighted by molar-refractivity contribution is 5.74. The van der Waals surface area contributed by atoms with Crippen molar-refractivity contribution in [3.63, 3.8) is 0 Å². The van der Waals surface area contributed by atoms with Crippen molar-refractivity contribution in [2.24, 2.45) is 0 Å². The number of hydrogen-bond acceptors (Lipinski definition) is 2. The molecule has 3 aromatic rings. The van der Waals surface area contributed by atoms with Gasteiger partial charge in [-0.1, -0.05) is 33.8 Å². The molecular weight excluding hydrogens is 248 g/mol. The minimum absolute atomic E-state index is 0.493. The summed E-state index contributed by atoms with van der Waals surface area (Å²) in [5.41, 5.74) is 4.32. The topological polar surface area (TPSA) is 31.0 Å². The Bertz CT molecular complexity index is 734. The van der Waals surface area contributed by atoms with Gasteiger partial charge in [-0.3, -0.25) is 4.57 Å². The molecule has 2 heterocycles. The van der Waals surface area contributed by atoms with Crippen molar-refractivity contribution in [2.45, 2.75) is 39.5 Å². The van der Waals surface area contributed by atoms with Gasteiger partial charge in [-0.05, 0) is 41.2 Å². The van der Waals surface area contributed by atoms with Crippen LogP contribution in [0.3, 0.4) is 0 Å². The molecule has 3 nitrogen and oxygen atoms in total. The first kappa shape index (κ1) is 13.0. The zero-order valence-electron chi connectivity index (χ0n) is 12.4. The van der Waals surface area contributed by atoms with E-state index in [1.807, 2.05) is 16.8 Å². The van der Waals surface area contributed by atoms with Crippen LogP contribution in [0.4, 0.5) is 0 Å². The van der Waals surface area contributed by atoms with E-state index in [-0.39, 0.29) is 0 Å². The molecular formula is C17H20N2O. The van der Waals surface area contributed by atoms with E-state index < -0.39 is 0 Å². The molecule has 0 amide bonds. The third kappa shape index (κ3) is 2.24. The highest BCUT2D eigenvalue weighted by Crippen LogP contribution is 2.24. The molecule has 0 atom stereocenters. The summed E-state index contributed by atoms with van der Waals surface area (Å²) in [5.74, 6) is 1.00. The van der Waals surface area contributed by atoms with Crippen LogP contribution in [-0.4, -0.2) is 9.55 Å². The van der Waals surface area contributed by atoms with Crippen LogP contribution in [0.1, 0.15) is 50.7 Å². The van der Waals surface area contributed by atoms with E-state index in [4.69, 9.17) is 4.42 Å². The predicted molar refractivity (Wildman–Crippen MR) is 81.5 cm³/mol. The van der Waals surface area contributed by atoms with Gasteiger partial charge in [-0.15, -0.1) is 0 Å². The maximum Gasteiger partial charge on any atom is 0.306 e. The summed E-state index contributed by atoms with van der Waals surface area (Å²) in [5, 5.41) is 0. The number of rotatable bonds is 3. The third-order valence-corrected chi connectivity index (χ3v) is 3.67. The van der Waals surface area contributed by atoms with Crippen molar-refractivity contribution in [2.75, 3.05) is 0 Å². The summed E-state index contributed by atoms with van der Waals surface area (Å²) in [7, 11) is 0. The van der Waals surface area contributed by atoms with E-state index in [1.165, 1.54) is 11.1 Å². The summed E-state index contributed by atoms with van der Waals surface area (Å²) < 4.78 is 7.84. The Balaban J connectivity index is 2.03. The Morgan fingerprint density at radius 1 is 1.00 bits per heavy atom. The third-order valence-electron chi connectivity index (χ3n) is 3.67. The second kappa shape index (κ2) is 4.82. The molecule has 0 aliphatic heterocycles. The molecule has 0 bridgehead atoms. The Morgan fingerprint density at radius 3 is 2.40 bits per heavy atom. The van der Waals surface area contributed by atoms with Gasteiger partial charge in [-0.2, -0.15) is 4.98 Å². The van der Waals surface area contributed by atoms with E-state index >= 15 is 0 Å². The van der Waals surface area contributed by atoms with E-state index in [2.05, 4.69) is 57.1 Å². The van der Waals surface area contributed by atoms with Crippen LogP contribution < -0.4 is 0 Å². The molecule has 104 valence electrons. The quantitative estimate of drug-likeness (QED) is 0.678. The van der Waals surface area contributed by atoms with Gasteiger partial charge in [0.15, 0.2) is 5.58 Å². The largest absolute Gasteiger partial charge is 0.423 e. The number of nitrogens with zero attached hydrogens (tertiary/aromatic N) is 2. The van der Waals surface area contributed by atoms with Crippen molar-refractivity contribution in [1.82, 2.24) is 9.55 Å². The normalized spacial score (nSPS) is 11.9. The molecule has 0 aliphatic carbocycles. The van der Waals surface area contributed by atoms with Gasteiger partial charge in [0, 0.05) is 12.4 Å². The number of oxazole rings is 1. The van der Waals surface area contributed by atoms with Crippen LogP contribution >= 0.6 is 0 Å². The number of aromatic nitrogens is 2. The molecule has 0 saturated carbocycles. The zero-order chi connectivity index (χ0) is 14.3. The number of hydrogen-bond donors (Lipinski definition) is 0. The predicted octanol–water partition coefficient (Wildman–Crippen LogP) is 4.87. The Hall–Kier alpha value is -2.03. The maximum atomic E-state index is 5.89. The van der Waals surface area contributed by atoms with Crippen LogP contribution in [0.2, 0.25) is 0 Å². The molecule has 0 saturated heterocycles. The Labute approximate surface area is 119 Å². The summed E-state index contributed by atoms with van der Waals surface area (Å²) in [6, 6.07) is 8.98. The Kier molecular flexibility index (Phi) is 3.13. The van der Waals surface area contributed by atoms with Gasteiger partial charge in [0.1, 0.15) is 5.52 Å². The lowest BCUT2D eigenvalue weighted by atomic mass is 10.0. The first-order chi connectivity index (χ1) is 9.54. The van der Waals surface area contributed by atoms with Crippen LogP contribution in [-0.2, 0) is 0 Å². The summed E-state index contributed by atoms with van der Waals surface area (Å²) in [4.78, 5) is 4.55. The minimum Gasteiger partial charge on any atom is -0.423 e. The molecule has 1 aromatic carbocycles. The van der Waals surface area contributed by atoms with Crippen molar-refractivity contribution in [3.8, 4) is 6.01 Å². The van der Waals surface area contributed by atoms with E-state index in [0.29, 0.717) is 17.9 Å². The molecule has 20 heavy (non-hydrogen) atoms. The second-order valence-electron chi connectivity index (χ2n) is 5.89. The highest BCUT2D eigenvalue weighted by Gasteiger charge is 2.10. The van der Waals surface area contributed by atoms with Crippen molar-refractivity contribution >= 4 is 11.1 Å². The van der Waals surface area contributed by atoms with Gasteiger partial charge < -0.3 is 4.42 Å². The second-order valence-corrected chi connectivity index (χ2v) is 5.89. The molecule has 0 radical (unpaired) electrons. The van der Waals surface area contributed by atoms with Gasteiger partial charge in [0.05, 0.1) is 0 Å².